The lowest BCUT2D eigenvalue weighted by Crippen LogP contribution is -2.54. The first-order valence-corrected chi connectivity index (χ1v) is 10.9. The molecule has 1 saturated carbocycles. The van der Waals surface area contributed by atoms with E-state index >= 15 is 0 Å². The van der Waals surface area contributed by atoms with Gasteiger partial charge in [0, 0.05) is 5.92 Å². The van der Waals surface area contributed by atoms with Gasteiger partial charge in [0.15, 0.2) is 0 Å². The SMILES string of the molecule is CCC(CC(=O)O)(NC(=O)OCC1c2ccccc2-c2ccccc21)C1CCCC1. The summed E-state index contributed by atoms with van der Waals surface area (Å²) in [5.74, 6) is -0.716. The Labute approximate surface area is 177 Å². The molecule has 0 aliphatic heterocycles. The minimum atomic E-state index is -0.886. The normalized spacial score (nSPS) is 17.8. The van der Waals surface area contributed by atoms with E-state index in [0.717, 1.165) is 36.8 Å². The maximum atomic E-state index is 12.8. The lowest BCUT2D eigenvalue weighted by molar-refractivity contribution is -0.139. The molecule has 0 aromatic heterocycles. The molecule has 4 rings (SSSR count). The van der Waals surface area contributed by atoms with Crippen molar-refractivity contribution in [1.29, 1.82) is 0 Å². The number of alkyl carbamates (subject to hydrolysis) is 1. The van der Waals surface area contributed by atoms with Gasteiger partial charge in [-0.25, -0.2) is 4.79 Å². The number of hydrogen-bond acceptors (Lipinski definition) is 3. The molecular weight excluding hydrogens is 378 g/mol. The van der Waals surface area contributed by atoms with E-state index in [4.69, 9.17) is 4.74 Å². The first kappa shape index (κ1) is 20.5. The van der Waals surface area contributed by atoms with Crippen molar-refractivity contribution in [2.75, 3.05) is 6.61 Å². The molecule has 5 nitrogen and oxygen atoms in total. The zero-order valence-electron chi connectivity index (χ0n) is 17.4. The third-order valence-electron chi connectivity index (χ3n) is 6.93. The van der Waals surface area contributed by atoms with Crippen LogP contribution >= 0.6 is 0 Å². The van der Waals surface area contributed by atoms with Crippen molar-refractivity contribution in [2.24, 2.45) is 5.92 Å². The van der Waals surface area contributed by atoms with E-state index in [1.165, 1.54) is 11.1 Å². The maximum absolute atomic E-state index is 12.8. The molecule has 2 aliphatic carbocycles. The second kappa shape index (κ2) is 8.50. The van der Waals surface area contributed by atoms with Gasteiger partial charge in [-0.05, 0) is 47.4 Å². The highest BCUT2D eigenvalue weighted by Gasteiger charge is 2.42. The molecule has 1 unspecified atom stereocenters. The molecule has 2 aliphatic rings. The van der Waals surface area contributed by atoms with Gasteiger partial charge >= 0.3 is 12.1 Å². The first-order chi connectivity index (χ1) is 14.5. The van der Waals surface area contributed by atoms with Crippen LogP contribution in [0.1, 0.15) is 62.5 Å². The molecule has 1 fully saturated rings. The highest BCUT2D eigenvalue weighted by Crippen LogP contribution is 2.44. The third-order valence-corrected chi connectivity index (χ3v) is 6.93. The van der Waals surface area contributed by atoms with Crippen molar-refractivity contribution in [3.05, 3.63) is 59.7 Å². The zero-order valence-corrected chi connectivity index (χ0v) is 17.4. The van der Waals surface area contributed by atoms with Crippen molar-refractivity contribution in [3.63, 3.8) is 0 Å². The minimum Gasteiger partial charge on any atom is -0.481 e. The van der Waals surface area contributed by atoms with Gasteiger partial charge < -0.3 is 15.2 Å². The molecule has 2 aromatic carbocycles. The average molecular weight is 408 g/mol. The van der Waals surface area contributed by atoms with Crippen LogP contribution in [0.15, 0.2) is 48.5 Å². The fourth-order valence-electron chi connectivity index (χ4n) is 5.38. The number of hydrogen-bond donors (Lipinski definition) is 2. The predicted octanol–water partition coefficient (Wildman–Crippen LogP) is 5.34. The number of carbonyl (C=O) groups excluding carboxylic acids is 1. The number of ether oxygens (including phenoxy) is 1. The molecule has 1 atom stereocenters. The summed E-state index contributed by atoms with van der Waals surface area (Å²) in [6, 6.07) is 16.4. The van der Waals surface area contributed by atoms with Gasteiger partial charge in [-0.15, -0.1) is 0 Å². The van der Waals surface area contributed by atoms with Crippen LogP contribution < -0.4 is 5.32 Å². The van der Waals surface area contributed by atoms with Crippen LogP contribution in [0.2, 0.25) is 0 Å². The Morgan fingerprint density at radius 1 is 1.03 bits per heavy atom. The lowest BCUT2D eigenvalue weighted by Gasteiger charge is -2.38. The summed E-state index contributed by atoms with van der Waals surface area (Å²) in [6.45, 7) is 2.18. The van der Waals surface area contributed by atoms with Gasteiger partial charge in [0.25, 0.3) is 0 Å². The second-order valence-electron chi connectivity index (χ2n) is 8.51. The molecule has 2 N–H and O–H groups in total. The van der Waals surface area contributed by atoms with Gasteiger partial charge in [-0.3, -0.25) is 4.79 Å². The molecule has 2 aromatic rings. The molecule has 0 saturated heterocycles. The molecule has 30 heavy (non-hydrogen) atoms. The summed E-state index contributed by atoms with van der Waals surface area (Å²) in [4.78, 5) is 24.4. The van der Waals surface area contributed by atoms with Gasteiger partial charge in [-0.1, -0.05) is 68.3 Å². The zero-order chi connectivity index (χ0) is 21.1. The number of carboxylic acids is 1. The van der Waals surface area contributed by atoms with Crippen LogP contribution in [-0.2, 0) is 9.53 Å². The van der Waals surface area contributed by atoms with Gasteiger partial charge in [0.05, 0.1) is 12.0 Å². The number of amides is 1. The number of rotatable bonds is 7. The van der Waals surface area contributed by atoms with E-state index in [2.05, 4.69) is 29.6 Å². The lowest BCUT2D eigenvalue weighted by atomic mass is 9.78. The molecule has 158 valence electrons. The van der Waals surface area contributed by atoms with Gasteiger partial charge in [-0.2, -0.15) is 0 Å². The monoisotopic (exact) mass is 407 g/mol. The molecule has 0 spiro atoms. The Bertz CT molecular complexity index is 889. The number of aliphatic carboxylic acids is 1. The van der Waals surface area contributed by atoms with Crippen molar-refractivity contribution in [2.45, 2.75) is 56.9 Å². The van der Waals surface area contributed by atoms with E-state index in [9.17, 15) is 14.7 Å². The number of fused-ring (bicyclic) bond motifs is 3. The first-order valence-electron chi connectivity index (χ1n) is 10.9. The van der Waals surface area contributed by atoms with Crippen molar-refractivity contribution in [3.8, 4) is 11.1 Å². The Hall–Kier alpha value is -2.82. The summed E-state index contributed by atoms with van der Waals surface area (Å²) < 4.78 is 5.70. The van der Waals surface area contributed by atoms with E-state index < -0.39 is 17.6 Å². The molecular formula is C25H29NO4. The number of carboxylic acid groups (broad SMARTS) is 1. The van der Waals surface area contributed by atoms with Gasteiger partial charge in [0.2, 0.25) is 0 Å². The van der Waals surface area contributed by atoms with Crippen LogP contribution in [0.3, 0.4) is 0 Å². The number of nitrogens with one attached hydrogen (secondary N) is 1. The van der Waals surface area contributed by atoms with Crippen LogP contribution in [-0.4, -0.2) is 29.3 Å². The summed E-state index contributed by atoms with van der Waals surface area (Å²) in [7, 11) is 0. The van der Waals surface area contributed by atoms with Gasteiger partial charge in [0.1, 0.15) is 6.61 Å². The molecule has 0 heterocycles. The Balaban J connectivity index is 1.49. The second-order valence-corrected chi connectivity index (χ2v) is 8.51. The molecule has 0 radical (unpaired) electrons. The maximum Gasteiger partial charge on any atom is 0.407 e. The molecule has 5 heteroatoms. The van der Waals surface area contributed by atoms with Crippen LogP contribution in [0, 0.1) is 5.92 Å². The fraction of sp³-hybridized carbons (Fsp3) is 0.440. The fourth-order valence-corrected chi connectivity index (χ4v) is 5.38. The molecule has 1 amide bonds. The van der Waals surface area contributed by atoms with E-state index in [-0.39, 0.29) is 24.9 Å². The Kier molecular flexibility index (Phi) is 5.80. The highest BCUT2D eigenvalue weighted by atomic mass is 16.5. The molecule has 0 bridgehead atoms. The van der Waals surface area contributed by atoms with E-state index in [0.29, 0.717) is 6.42 Å². The Morgan fingerprint density at radius 2 is 1.60 bits per heavy atom. The smallest absolute Gasteiger partial charge is 0.407 e. The summed E-state index contributed by atoms with van der Waals surface area (Å²) in [5, 5.41) is 12.5. The highest BCUT2D eigenvalue weighted by molar-refractivity contribution is 5.79. The van der Waals surface area contributed by atoms with Crippen LogP contribution in [0.25, 0.3) is 11.1 Å². The van der Waals surface area contributed by atoms with Crippen molar-refractivity contribution >= 4 is 12.1 Å². The average Bonchev–Trinajstić information content (AvgIpc) is 3.39. The number of carbonyl (C=O) groups is 2. The summed E-state index contributed by atoms with van der Waals surface area (Å²) >= 11 is 0. The standard InChI is InChI=1S/C25H29NO4/c1-2-25(15-23(27)28,17-9-3-4-10-17)26-24(29)30-16-22-20-13-7-5-11-18(20)19-12-6-8-14-21(19)22/h5-8,11-14,17,22H,2-4,9-10,15-16H2,1H3,(H,26,29)(H,27,28). The van der Waals surface area contributed by atoms with Crippen LogP contribution in [0.5, 0.6) is 0 Å². The quantitative estimate of drug-likeness (QED) is 0.650. The largest absolute Gasteiger partial charge is 0.481 e. The number of benzene rings is 2. The third kappa shape index (κ3) is 3.81. The van der Waals surface area contributed by atoms with Crippen LogP contribution in [0.4, 0.5) is 4.79 Å². The van der Waals surface area contributed by atoms with E-state index in [1.54, 1.807) is 0 Å². The van der Waals surface area contributed by atoms with Crippen molar-refractivity contribution < 1.29 is 19.4 Å². The Morgan fingerprint density at radius 3 is 2.13 bits per heavy atom. The van der Waals surface area contributed by atoms with E-state index in [1.807, 2.05) is 31.2 Å². The summed E-state index contributed by atoms with van der Waals surface area (Å²) in [6.07, 6.45) is 4.05. The summed E-state index contributed by atoms with van der Waals surface area (Å²) in [5.41, 5.74) is 3.94. The predicted molar refractivity (Wildman–Crippen MR) is 115 cm³/mol. The van der Waals surface area contributed by atoms with Crippen molar-refractivity contribution in [1.82, 2.24) is 5.32 Å². The topological polar surface area (TPSA) is 75.6 Å². The minimum absolute atomic E-state index is 0.00914.